The minimum Gasteiger partial charge on any atom is -0.459 e. The van der Waals surface area contributed by atoms with Gasteiger partial charge in [-0.2, -0.15) is 0 Å². The number of rotatable bonds is 3. The normalized spacial score (nSPS) is 24.3. The molecular weight excluding hydrogens is 292 g/mol. The zero-order valence-electron chi connectivity index (χ0n) is 14.0. The van der Waals surface area contributed by atoms with Crippen LogP contribution in [0.3, 0.4) is 0 Å². The van der Waals surface area contributed by atoms with Crippen molar-refractivity contribution in [3.8, 4) is 0 Å². The molecule has 0 unspecified atom stereocenters. The Bertz CT molecular complexity index is 652. The van der Waals surface area contributed by atoms with Crippen molar-refractivity contribution < 1.29 is 19.1 Å². The molecule has 1 aromatic rings. The molecule has 0 fully saturated rings. The highest BCUT2D eigenvalue weighted by molar-refractivity contribution is 6.09. The van der Waals surface area contributed by atoms with Crippen molar-refractivity contribution in [2.75, 3.05) is 0 Å². The van der Waals surface area contributed by atoms with E-state index in [1.54, 1.807) is 20.8 Å². The molecule has 1 aromatic carbocycles. The van der Waals surface area contributed by atoms with E-state index in [2.05, 4.69) is 0 Å². The molecule has 0 spiro atoms. The molecule has 0 amide bonds. The van der Waals surface area contributed by atoms with Gasteiger partial charge in [-0.15, -0.1) is 0 Å². The fraction of sp³-hybridized carbons (Fsp3) is 0.421. The predicted molar refractivity (Wildman–Crippen MR) is 86.9 cm³/mol. The molecule has 122 valence electrons. The fourth-order valence-corrected chi connectivity index (χ4v) is 2.92. The molecule has 4 heteroatoms. The van der Waals surface area contributed by atoms with Gasteiger partial charge in [0.05, 0.1) is 0 Å². The molecule has 2 rings (SSSR count). The summed E-state index contributed by atoms with van der Waals surface area (Å²) >= 11 is 0. The summed E-state index contributed by atoms with van der Waals surface area (Å²) in [4.78, 5) is 37.3. The molecule has 1 aliphatic rings. The van der Waals surface area contributed by atoms with Crippen LogP contribution < -0.4 is 0 Å². The Labute approximate surface area is 136 Å². The molecule has 0 aromatic heterocycles. The van der Waals surface area contributed by atoms with Crippen LogP contribution in [0.15, 0.2) is 42.5 Å². The van der Waals surface area contributed by atoms with Crippen LogP contribution in [0.25, 0.3) is 0 Å². The largest absolute Gasteiger partial charge is 0.459 e. The van der Waals surface area contributed by atoms with Crippen molar-refractivity contribution in [1.82, 2.24) is 0 Å². The lowest BCUT2D eigenvalue weighted by atomic mass is 9.64. The molecule has 0 saturated heterocycles. The smallest absolute Gasteiger partial charge is 0.324 e. The molecule has 23 heavy (non-hydrogen) atoms. The van der Waals surface area contributed by atoms with Gasteiger partial charge in [-0.05, 0) is 39.3 Å². The maximum atomic E-state index is 12.9. The van der Waals surface area contributed by atoms with Crippen LogP contribution in [0.1, 0.15) is 45.6 Å². The number of carbonyl (C=O) groups is 3. The third-order valence-electron chi connectivity index (χ3n) is 4.01. The number of hydrogen-bond acceptors (Lipinski definition) is 4. The average molecular weight is 314 g/mol. The van der Waals surface area contributed by atoms with Gasteiger partial charge >= 0.3 is 5.97 Å². The van der Waals surface area contributed by atoms with Gasteiger partial charge in [0.2, 0.25) is 0 Å². The zero-order valence-corrected chi connectivity index (χ0v) is 14.0. The van der Waals surface area contributed by atoms with Crippen LogP contribution in [-0.4, -0.2) is 23.1 Å². The summed E-state index contributed by atoms with van der Waals surface area (Å²) in [6.45, 7) is 6.65. The van der Waals surface area contributed by atoms with Gasteiger partial charge in [0, 0.05) is 12.3 Å². The third-order valence-corrected chi connectivity index (χ3v) is 4.01. The van der Waals surface area contributed by atoms with Gasteiger partial charge in [-0.3, -0.25) is 14.4 Å². The number of allylic oxidation sites excluding steroid dienone is 1. The first-order chi connectivity index (χ1) is 10.7. The highest BCUT2D eigenvalue weighted by Gasteiger charge is 2.53. The molecular formula is C19H22O4. The Morgan fingerprint density at radius 1 is 1.17 bits per heavy atom. The maximum absolute atomic E-state index is 12.9. The van der Waals surface area contributed by atoms with Gasteiger partial charge in [0.25, 0.3) is 0 Å². The van der Waals surface area contributed by atoms with E-state index >= 15 is 0 Å². The van der Waals surface area contributed by atoms with E-state index in [1.165, 1.54) is 19.1 Å². The topological polar surface area (TPSA) is 60.4 Å². The van der Waals surface area contributed by atoms with Gasteiger partial charge in [0.15, 0.2) is 17.0 Å². The minimum atomic E-state index is -1.46. The van der Waals surface area contributed by atoms with E-state index in [1.807, 2.05) is 30.3 Å². The van der Waals surface area contributed by atoms with Crippen molar-refractivity contribution >= 4 is 17.5 Å². The van der Waals surface area contributed by atoms with Crippen molar-refractivity contribution in [2.24, 2.45) is 5.41 Å². The number of Topliss-reactive ketones (excluding diaryl/α,β-unsaturated/α-hetero) is 1. The Hall–Kier alpha value is -2.23. The van der Waals surface area contributed by atoms with Crippen molar-refractivity contribution in [3.05, 3.63) is 48.0 Å². The lowest BCUT2D eigenvalue weighted by Crippen LogP contribution is -2.47. The first-order valence-electron chi connectivity index (χ1n) is 7.68. The van der Waals surface area contributed by atoms with Crippen LogP contribution in [0, 0.1) is 5.41 Å². The van der Waals surface area contributed by atoms with Crippen molar-refractivity contribution in [3.63, 3.8) is 0 Å². The van der Waals surface area contributed by atoms with Gasteiger partial charge < -0.3 is 4.74 Å². The monoisotopic (exact) mass is 314 g/mol. The average Bonchev–Trinajstić information content (AvgIpc) is 2.46. The van der Waals surface area contributed by atoms with E-state index in [9.17, 15) is 14.4 Å². The summed E-state index contributed by atoms with van der Waals surface area (Å²) in [6.07, 6.45) is 2.86. The Balaban J connectivity index is 2.57. The first-order valence-corrected chi connectivity index (χ1v) is 7.68. The summed E-state index contributed by atoms with van der Waals surface area (Å²) in [6, 6.07) is 9.18. The molecule has 2 atom stereocenters. The lowest BCUT2D eigenvalue weighted by molar-refractivity contribution is -0.168. The van der Waals surface area contributed by atoms with Crippen LogP contribution in [-0.2, 0) is 19.1 Å². The Morgan fingerprint density at radius 3 is 2.30 bits per heavy atom. The van der Waals surface area contributed by atoms with E-state index < -0.39 is 22.9 Å². The fourth-order valence-electron chi connectivity index (χ4n) is 2.92. The van der Waals surface area contributed by atoms with Gasteiger partial charge in [-0.25, -0.2) is 0 Å². The van der Waals surface area contributed by atoms with Gasteiger partial charge in [-0.1, -0.05) is 36.4 Å². The molecule has 0 radical (unpaired) electrons. The molecule has 0 saturated carbocycles. The summed E-state index contributed by atoms with van der Waals surface area (Å²) in [5, 5.41) is 0. The third kappa shape index (κ3) is 3.41. The summed E-state index contributed by atoms with van der Waals surface area (Å²) in [5.74, 6) is -1.56. The summed E-state index contributed by atoms with van der Waals surface area (Å²) in [5.41, 5.74) is -1.38. The van der Waals surface area contributed by atoms with Crippen LogP contribution in [0.5, 0.6) is 0 Å². The maximum Gasteiger partial charge on any atom is 0.324 e. The highest BCUT2D eigenvalue weighted by Crippen LogP contribution is 2.45. The SMILES string of the molecule is CC(=O)[C@@]1(C(=O)OC(C)(C)C)C=CC(=O)C[C@@H]1c1ccccc1. The molecule has 0 N–H and O–H groups in total. The molecule has 1 aliphatic carbocycles. The zero-order chi connectivity index (χ0) is 17.3. The van der Waals surface area contributed by atoms with Gasteiger partial charge in [0.1, 0.15) is 5.60 Å². The number of carbonyl (C=O) groups excluding carboxylic acids is 3. The minimum absolute atomic E-state index is 0.0979. The summed E-state index contributed by atoms with van der Waals surface area (Å²) < 4.78 is 5.51. The standard InChI is InChI=1S/C19H22O4/c1-13(20)19(17(22)23-18(2,3)4)11-10-15(21)12-16(19)14-8-6-5-7-9-14/h5-11,16H,12H2,1-4H3/t16-,19+/m1/s1. The van der Waals surface area contributed by atoms with Crippen molar-refractivity contribution in [1.29, 1.82) is 0 Å². The van der Waals surface area contributed by atoms with E-state index in [-0.39, 0.29) is 18.0 Å². The number of ether oxygens (including phenoxy) is 1. The predicted octanol–water partition coefficient (Wildman–Crippen LogP) is 3.22. The number of ketones is 2. The van der Waals surface area contributed by atoms with E-state index in [4.69, 9.17) is 4.74 Å². The van der Waals surface area contributed by atoms with Crippen LogP contribution >= 0.6 is 0 Å². The molecule has 0 aliphatic heterocycles. The van der Waals surface area contributed by atoms with E-state index in [0.717, 1.165) is 5.56 Å². The Morgan fingerprint density at radius 2 is 1.78 bits per heavy atom. The molecule has 4 nitrogen and oxygen atoms in total. The molecule has 0 heterocycles. The molecule has 0 bridgehead atoms. The lowest BCUT2D eigenvalue weighted by Gasteiger charge is -2.38. The van der Waals surface area contributed by atoms with Crippen LogP contribution in [0.2, 0.25) is 0 Å². The van der Waals surface area contributed by atoms with Crippen LogP contribution in [0.4, 0.5) is 0 Å². The Kier molecular flexibility index (Phi) is 4.55. The highest BCUT2D eigenvalue weighted by atomic mass is 16.6. The van der Waals surface area contributed by atoms with Crippen molar-refractivity contribution in [2.45, 2.75) is 45.6 Å². The number of hydrogen-bond donors (Lipinski definition) is 0. The number of esters is 1. The summed E-state index contributed by atoms with van der Waals surface area (Å²) in [7, 11) is 0. The second-order valence-corrected chi connectivity index (χ2v) is 6.89. The number of benzene rings is 1. The second kappa shape index (κ2) is 6.11. The first kappa shape index (κ1) is 17.1. The second-order valence-electron chi connectivity index (χ2n) is 6.89. The van der Waals surface area contributed by atoms with E-state index in [0.29, 0.717) is 0 Å². The quantitative estimate of drug-likeness (QED) is 0.635.